The molecule has 0 spiro atoms. The number of hydrogen-bond donors (Lipinski definition) is 0. The highest BCUT2D eigenvalue weighted by Gasteiger charge is 2.07. The maximum atomic E-state index is 11.1. The third-order valence-electron chi connectivity index (χ3n) is 3.52. The van der Waals surface area contributed by atoms with Crippen molar-refractivity contribution in [3.63, 3.8) is 0 Å². The van der Waals surface area contributed by atoms with Crippen molar-refractivity contribution in [1.29, 1.82) is 0 Å². The minimum absolute atomic E-state index is 0.0817. The van der Waals surface area contributed by atoms with Crippen LogP contribution in [0.4, 0.5) is 0 Å². The maximum absolute atomic E-state index is 11.1. The number of allylic oxidation sites excluding steroid dienone is 2. The second kappa shape index (κ2) is 15.2. The Labute approximate surface area is 158 Å². The van der Waals surface area contributed by atoms with Crippen LogP contribution in [0.3, 0.4) is 0 Å². The largest absolute Gasteiger partial charge is 0.490 e. The van der Waals surface area contributed by atoms with Crippen molar-refractivity contribution in [2.75, 3.05) is 13.2 Å². The molecule has 1 unspecified atom stereocenters. The fourth-order valence-corrected chi connectivity index (χ4v) is 1.92. The summed E-state index contributed by atoms with van der Waals surface area (Å²) in [5, 5.41) is 0. The molecule has 0 aromatic heterocycles. The summed E-state index contributed by atoms with van der Waals surface area (Å²) in [5.74, 6) is 1.06. The van der Waals surface area contributed by atoms with Crippen molar-refractivity contribution < 1.29 is 19.1 Å². The number of ether oxygens (including phenoxy) is 2. The number of para-hydroxylation sites is 1. The molecule has 1 aromatic carbocycles. The molecule has 0 saturated carbocycles. The van der Waals surface area contributed by atoms with Gasteiger partial charge in [-0.2, -0.15) is 0 Å². The van der Waals surface area contributed by atoms with Gasteiger partial charge in [-0.3, -0.25) is 4.79 Å². The van der Waals surface area contributed by atoms with E-state index in [0.717, 1.165) is 24.9 Å². The van der Waals surface area contributed by atoms with Gasteiger partial charge in [0.1, 0.15) is 25.2 Å². The molecule has 26 heavy (non-hydrogen) atoms. The minimum atomic E-state index is -0.188. The quantitative estimate of drug-likeness (QED) is 0.248. The molecule has 0 heterocycles. The molecule has 0 aliphatic carbocycles. The first-order chi connectivity index (χ1) is 12.4. The molecule has 0 bridgehead atoms. The van der Waals surface area contributed by atoms with Gasteiger partial charge >= 0.3 is 5.97 Å². The Balaban J connectivity index is 0.000000508. The van der Waals surface area contributed by atoms with Crippen LogP contribution in [-0.2, 0) is 14.3 Å². The molecule has 0 amide bonds. The average Bonchev–Trinajstić information content (AvgIpc) is 2.60. The molecule has 0 fully saturated rings. The van der Waals surface area contributed by atoms with Gasteiger partial charge in [0.05, 0.1) is 5.92 Å². The van der Waals surface area contributed by atoms with Crippen LogP contribution in [0.25, 0.3) is 0 Å². The lowest BCUT2D eigenvalue weighted by atomic mass is 10.0. The monoisotopic (exact) mass is 362 g/mol. The van der Waals surface area contributed by atoms with E-state index in [-0.39, 0.29) is 11.9 Å². The second-order valence-electron chi connectivity index (χ2n) is 6.85. The highest BCUT2D eigenvalue weighted by Crippen LogP contribution is 2.10. The highest BCUT2D eigenvalue weighted by molar-refractivity contribution is 5.71. The lowest BCUT2D eigenvalue weighted by Gasteiger charge is -2.08. The average molecular weight is 363 g/mol. The normalized spacial score (nSPS) is 11.0. The molecule has 0 N–H and O–H groups in total. The molecular weight excluding hydrogens is 328 g/mol. The van der Waals surface area contributed by atoms with Gasteiger partial charge in [0, 0.05) is 6.42 Å². The Morgan fingerprint density at radius 1 is 1.08 bits per heavy atom. The van der Waals surface area contributed by atoms with Crippen molar-refractivity contribution in [1.82, 2.24) is 0 Å². The summed E-state index contributed by atoms with van der Waals surface area (Å²) in [7, 11) is 0. The first kappa shape index (κ1) is 23.9. The number of rotatable bonds is 10. The van der Waals surface area contributed by atoms with E-state index in [9.17, 15) is 9.59 Å². The van der Waals surface area contributed by atoms with E-state index in [1.54, 1.807) is 13.8 Å². The summed E-state index contributed by atoms with van der Waals surface area (Å²) in [6.45, 7) is 10.6. The molecule has 1 atom stereocenters. The van der Waals surface area contributed by atoms with Crippen LogP contribution >= 0.6 is 0 Å². The van der Waals surface area contributed by atoms with E-state index >= 15 is 0 Å². The van der Waals surface area contributed by atoms with Gasteiger partial charge in [0.25, 0.3) is 0 Å². The lowest BCUT2D eigenvalue weighted by Crippen LogP contribution is -2.16. The molecule has 1 rings (SSSR count). The second-order valence-corrected chi connectivity index (χ2v) is 6.85. The fourth-order valence-electron chi connectivity index (χ4n) is 1.92. The fraction of sp³-hybridized carbons (Fsp3) is 0.545. The summed E-state index contributed by atoms with van der Waals surface area (Å²) in [6.07, 6.45) is 6.17. The lowest BCUT2D eigenvalue weighted by molar-refractivity contribution is -0.148. The molecule has 4 heteroatoms. The summed E-state index contributed by atoms with van der Waals surface area (Å²) in [4.78, 5) is 21.2. The van der Waals surface area contributed by atoms with Crippen LogP contribution in [-0.4, -0.2) is 25.5 Å². The number of carbonyl (C=O) groups is 2. The third kappa shape index (κ3) is 14.3. The van der Waals surface area contributed by atoms with Crippen molar-refractivity contribution in [2.45, 2.75) is 53.9 Å². The number of hydrogen-bond acceptors (Lipinski definition) is 4. The van der Waals surface area contributed by atoms with E-state index in [2.05, 4.69) is 26.8 Å². The first-order valence-electron chi connectivity index (χ1n) is 9.28. The number of esters is 1. The zero-order valence-corrected chi connectivity index (χ0v) is 16.9. The van der Waals surface area contributed by atoms with Gasteiger partial charge < -0.3 is 14.3 Å². The molecule has 4 nitrogen and oxygen atoms in total. The third-order valence-corrected chi connectivity index (χ3v) is 3.52. The molecule has 0 aliphatic rings. The van der Waals surface area contributed by atoms with Gasteiger partial charge in [0.15, 0.2) is 0 Å². The van der Waals surface area contributed by atoms with E-state index < -0.39 is 0 Å². The van der Waals surface area contributed by atoms with Crippen molar-refractivity contribution in [2.24, 2.45) is 11.8 Å². The number of benzene rings is 1. The van der Waals surface area contributed by atoms with Crippen LogP contribution in [0, 0.1) is 11.8 Å². The van der Waals surface area contributed by atoms with Crippen LogP contribution < -0.4 is 4.74 Å². The zero-order chi connectivity index (χ0) is 19.8. The van der Waals surface area contributed by atoms with E-state index in [0.29, 0.717) is 25.6 Å². The van der Waals surface area contributed by atoms with Gasteiger partial charge in [0.2, 0.25) is 0 Å². The Bertz CT molecular complexity index is 516. The zero-order valence-electron chi connectivity index (χ0n) is 16.9. The van der Waals surface area contributed by atoms with Crippen LogP contribution in [0.1, 0.15) is 53.9 Å². The molecule has 0 radical (unpaired) electrons. The topological polar surface area (TPSA) is 52.6 Å². The van der Waals surface area contributed by atoms with Gasteiger partial charge in [-0.15, -0.1) is 0 Å². The predicted molar refractivity (Wildman–Crippen MR) is 106 cm³/mol. The molecule has 0 saturated heterocycles. The summed E-state index contributed by atoms with van der Waals surface area (Å²) < 4.78 is 10.3. The number of carbonyl (C=O) groups excluding carboxylic acids is 2. The summed E-state index contributed by atoms with van der Waals surface area (Å²) in [5.41, 5.74) is 1.36. The maximum Gasteiger partial charge on any atom is 0.308 e. The SMILES string of the molecule is CC(C)=CCCC(C)CC=O.CC(C)C(=O)OCCOc1ccccc1. The highest BCUT2D eigenvalue weighted by atomic mass is 16.6. The van der Waals surface area contributed by atoms with Crippen molar-refractivity contribution >= 4 is 12.3 Å². The van der Waals surface area contributed by atoms with Crippen LogP contribution in [0.5, 0.6) is 5.75 Å². The van der Waals surface area contributed by atoms with Gasteiger partial charge in [-0.1, -0.05) is 50.6 Å². The van der Waals surface area contributed by atoms with Crippen LogP contribution in [0.2, 0.25) is 0 Å². The molecule has 0 aliphatic heterocycles. The molecule has 146 valence electrons. The number of aldehydes is 1. The molecule has 1 aromatic rings. The minimum Gasteiger partial charge on any atom is -0.490 e. The van der Waals surface area contributed by atoms with Crippen molar-refractivity contribution in [3.8, 4) is 5.75 Å². The Morgan fingerprint density at radius 3 is 2.27 bits per heavy atom. The van der Waals surface area contributed by atoms with E-state index in [1.807, 2.05) is 30.3 Å². The van der Waals surface area contributed by atoms with E-state index in [1.165, 1.54) is 5.57 Å². The summed E-state index contributed by atoms with van der Waals surface area (Å²) in [6, 6.07) is 9.45. The smallest absolute Gasteiger partial charge is 0.308 e. The van der Waals surface area contributed by atoms with Crippen LogP contribution in [0.15, 0.2) is 42.0 Å². The van der Waals surface area contributed by atoms with Crippen molar-refractivity contribution in [3.05, 3.63) is 42.0 Å². The molecular formula is C22H34O4. The van der Waals surface area contributed by atoms with Gasteiger partial charge in [-0.25, -0.2) is 0 Å². The van der Waals surface area contributed by atoms with Gasteiger partial charge in [-0.05, 0) is 44.7 Å². The Hall–Kier alpha value is -2.10. The standard InChI is InChI=1S/C12H16O3.C10H18O/c1-10(2)12(13)15-9-8-14-11-6-4-3-5-7-11;1-9(2)5-4-6-10(3)7-8-11/h3-7,10H,8-9H2,1-2H3;5,8,10H,4,6-7H2,1-3H3. The predicted octanol–water partition coefficient (Wildman–Crippen LogP) is 5.22. The summed E-state index contributed by atoms with van der Waals surface area (Å²) >= 11 is 0. The Kier molecular flexibility index (Phi) is 14.0. The van der Waals surface area contributed by atoms with E-state index in [4.69, 9.17) is 9.47 Å². The first-order valence-corrected chi connectivity index (χ1v) is 9.28. The Morgan fingerprint density at radius 2 is 1.73 bits per heavy atom.